The van der Waals surface area contributed by atoms with E-state index in [4.69, 9.17) is 4.74 Å². The number of halogens is 3. The van der Waals surface area contributed by atoms with Crippen molar-refractivity contribution in [1.29, 1.82) is 0 Å². The summed E-state index contributed by atoms with van der Waals surface area (Å²) in [5.74, 6) is -0.257. The SMILES string of the molecule is COC(C)(C)CC(=O)Nc1nc2ccc(C(F)(F)F)nc2n1C1=CC=C1. The van der Waals surface area contributed by atoms with Crippen LogP contribution < -0.4 is 5.32 Å². The van der Waals surface area contributed by atoms with Gasteiger partial charge in [0.2, 0.25) is 11.9 Å². The number of hydrogen-bond acceptors (Lipinski definition) is 4. The highest BCUT2D eigenvalue weighted by Crippen LogP contribution is 2.32. The van der Waals surface area contributed by atoms with Crippen molar-refractivity contribution in [2.45, 2.75) is 32.0 Å². The van der Waals surface area contributed by atoms with Crippen LogP contribution in [0.15, 0.2) is 30.4 Å². The third-order valence-corrected chi connectivity index (χ3v) is 3.98. The molecule has 0 aromatic carbocycles. The number of anilines is 1. The van der Waals surface area contributed by atoms with Crippen molar-refractivity contribution in [1.82, 2.24) is 14.5 Å². The van der Waals surface area contributed by atoms with Gasteiger partial charge in [-0.15, -0.1) is 0 Å². The fraction of sp³-hybridized carbons (Fsp3) is 0.353. The Bertz CT molecular complexity index is 926. The number of allylic oxidation sites excluding steroid dienone is 4. The predicted octanol–water partition coefficient (Wildman–Crippen LogP) is 3.61. The Hall–Kier alpha value is -2.68. The van der Waals surface area contributed by atoms with Crippen molar-refractivity contribution >= 4 is 28.7 Å². The van der Waals surface area contributed by atoms with Gasteiger partial charge in [0, 0.05) is 7.11 Å². The predicted molar refractivity (Wildman–Crippen MR) is 90.3 cm³/mol. The van der Waals surface area contributed by atoms with Crippen LogP contribution in [0.4, 0.5) is 19.1 Å². The summed E-state index contributed by atoms with van der Waals surface area (Å²) in [6, 6.07) is 2.10. The number of fused-ring (bicyclic) bond motifs is 1. The monoisotopic (exact) mass is 366 g/mol. The average Bonchev–Trinajstić information content (AvgIpc) is 2.81. The molecule has 2 heterocycles. The zero-order valence-corrected chi connectivity index (χ0v) is 14.4. The average molecular weight is 366 g/mol. The molecule has 26 heavy (non-hydrogen) atoms. The molecule has 0 unspecified atom stereocenters. The molecule has 6 nitrogen and oxygen atoms in total. The van der Waals surface area contributed by atoms with Gasteiger partial charge in [0.05, 0.1) is 17.7 Å². The van der Waals surface area contributed by atoms with Crippen LogP contribution in [-0.2, 0) is 15.7 Å². The Morgan fingerprint density at radius 1 is 1.27 bits per heavy atom. The van der Waals surface area contributed by atoms with Crippen LogP contribution in [0.5, 0.6) is 0 Å². The van der Waals surface area contributed by atoms with Gasteiger partial charge in [-0.25, -0.2) is 9.97 Å². The largest absolute Gasteiger partial charge is 0.433 e. The lowest BCUT2D eigenvalue weighted by molar-refractivity contribution is -0.141. The molecule has 2 aromatic rings. The molecular weight excluding hydrogens is 349 g/mol. The quantitative estimate of drug-likeness (QED) is 0.878. The van der Waals surface area contributed by atoms with E-state index in [-0.39, 0.29) is 29.4 Å². The molecule has 0 aliphatic heterocycles. The zero-order chi connectivity index (χ0) is 19.1. The first-order chi connectivity index (χ1) is 12.1. The Morgan fingerprint density at radius 2 is 1.96 bits per heavy atom. The Kier molecular flexibility index (Phi) is 4.35. The van der Waals surface area contributed by atoms with Crippen molar-refractivity contribution in [3.05, 3.63) is 36.1 Å². The maximum absolute atomic E-state index is 13.0. The van der Waals surface area contributed by atoms with Gasteiger partial charge in [-0.2, -0.15) is 13.2 Å². The van der Waals surface area contributed by atoms with Crippen LogP contribution in [0.3, 0.4) is 0 Å². The Balaban J connectivity index is 2.01. The molecule has 0 radical (unpaired) electrons. The second kappa shape index (κ2) is 6.24. The summed E-state index contributed by atoms with van der Waals surface area (Å²) in [7, 11) is 1.50. The molecule has 3 rings (SSSR count). The number of hydrogen-bond donors (Lipinski definition) is 1. The molecular formula is C17H17F3N4O2. The molecule has 1 amide bonds. The molecule has 2 aromatic heterocycles. The number of carbonyl (C=O) groups is 1. The number of amides is 1. The van der Waals surface area contributed by atoms with E-state index in [2.05, 4.69) is 15.3 Å². The Labute approximate surface area is 147 Å². The van der Waals surface area contributed by atoms with E-state index in [0.717, 1.165) is 6.07 Å². The number of pyridine rings is 1. The maximum Gasteiger partial charge on any atom is 0.433 e. The first-order valence-corrected chi connectivity index (χ1v) is 7.81. The van der Waals surface area contributed by atoms with Crippen molar-refractivity contribution in [2.24, 2.45) is 0 Å². The van der Waals surface area contributed by atoms with Gasteiger partial charge in [0.25, 0.3) is 0 Å². The number of nitrogens with zero attached hydrogens (tertiary/aromatic N) is 3. The van der Waals surface area contributed by atoms with Crippen LogP contribution in [-0.4, -0.2) is 33.2 Å². The summed E-state index contributed by atoms with van der Waals surface area (Å²) in [6.07, 6.45) is 0.603. The maximum atomic E-state index is 13.0. The first-order valence-electron chi connectivity index (χ1n) is 7.81. The minimum Gasteiger partial charge on any atom is -0.378 e. The molecule has 9 heteroatoms. The summed E-state index contributed by atoms with van der Waals surface area (Å²) >= 11 is 0. The van der Waals surface area contributed by atoms with Crippen LogP contribution >= 0.6 is 0 Å². The number of methoxy groups -OCH3 is 1. The van der Waals surface area contributed by atoms with Crippen molar-refractivity contribution < 1.29 is 22.7 Å². The van der Waals surface area contributed by atoms with Gasteiger partial charge in [-0.3, -0.25) is 14.7 Å². The number of aromatic nitrogens is 3. The summed E-state index contributed by atoms with van der Waals surface area (Å²) in [5, 5.41) is 2.63. The molecule has 0 atom stereocenters. The highest BCUT2D eigenvalue weighted by Gasteiger charge is 2.33. The summed E-state index contributed by atoms with van der Waals surface area (Å²) in [6.45, 7) is 3.51. The lowest BCUT2D eigenvalue weighted by Crippen LogP contribution is -2.30. The van der Waals surface area contributed by atoms with Crippen molar-refractivity contribution in [3.8, 4) is 0 Å². The lowest BCUT2D eigenvalue weighted by atomic mass is 10.1. The van der Waals surface area contributed by atoms with E-state index < -0.39 is 17.5 Å². The number of nitrogens with one attached hydrogen (secondary N) is 1. The van der Waals surface area contributed by atoms with Crippen LogP contribution in [0.25, 0.3) is 16.9 Å². The normalized spacial score (nSPS) is 14.3. The van der Waals surface area contributed by atoms with E-state index >= 15 is 0 Å². The number of alkyl halides is 3. The number of carbonyl (C=O) groups excluding carboxylic acids is 1. The minimum atomic E-state index is -4.57. The highest BCUT2D eigenvalue weighted by molar-refractivity contribution is 5.94. The number of rotatable bonds is 5. The van der Waals surface area contributed by atoms with Gasteiger partial charge in [-0.05, 0) is 38.1 Å². The second-order valence-electron chi connectivity index (χ2n) is 6.45. The smallest absolute Gasteiger partial charge is 0.378 e. The van der Waals surface area contributed by atoms with Gasteiger partial charge >= 0.3 is 6.18 Å². The summed E-state index contributed by atoms with van der Waals surface area (Å²) < 4.78 is 45.6. The molecule has 0 spiro atoms. The van der Waals surface area contributed by atoms with E-state index in [9.17, 15) is 18.0 Å². The van der Waals surface area contributed by atoms with Crippen LogP contribution in [0, 0.1) is 0 Å². The molecule has 0 bridgehead atoms. The van der Waals surface area contributed by atoms with E-state index in [1.54, 1.807) is 32.1 Å². The molecule has 1 aliphatic rings. The number of ether oxygens (including phenoxy) is 1. The second-order valence-corrected chi connectivity index (χ2v) is 6.45. The fourth-order valence-electron chi connectivity index (χ4n) is 2.40. The zero-order valence-electron chi connectivity index (χ0n) is 14.4. The molecule has 138 valence electrons. The number of imidazole rings is 1. The minimum absolute atomic E-state index is 0.0247. The summed E-state index contributed by atoms with van der Waals surface area (Å²) in [5.41, 5.74) is -0.843. The standard InChI is InChI=1S/C17H17F3N4O2/c1-16(2,26-3)9-13(25)23-15-21-11-7-8-12(17(18,19)20)22-14(11)24(15)10-5-4-6-10/h4-8H,9H2,1-3H3,(H,21,23,25). The molecule has 0 saturated carbocycles. The van der Waals surface area contributed by atoms with Crippen molar-refractivity contribution in [3.63, 3.8) is 0 Å². The topological polar surface area (TPSA) is 69.0 Å². The van der Waals surface area contributed by atoms with Crippen LogP contribution in [0.2, 0.25) is 0 Å². The first kappa shape index (κ1) is 18.1. The van der Waals surface area contributed by atoms with Gasteiger partial charge in [0.15, 0.2) is 5.65 Å². The third-order valence-electron chi connectivity index (χ3n) is 3.98. The highest BCUT2D eigenvalue weighted by atomic mass is 19.4. The van der Waals surface area contributed by atoms with Crippen molar-refractivity contribution in [2.75, 3.05) is 12.4 Å². The van der Waals surface area contributed by atoms with E-state index in [1.807, 2.05) is 0 Å². The molecule has 1 aliphatic carbocycles. The van der Waals surface area contributed by atoms with Crippen LogP contribution in [0.1, 0.15) is 26.0 Å². The van der Waals surface area contributed by atoms with Gasteiger partial charge < -0.3 is 4.74 Å². The van der Waals surface area contributed by atoms with E-state index in [1.165, 1.54) is 17.7 Å². The summed E-state index contributed by atoms with van der Waals surface area (Å²) in [4.78, 5) is 20.2. The van der Waals surface area contributed by atoms with E-state index in [0.29, 0.717) is 5.70 Å². The molecule has 1 N–H and O–H groups in total. The molecule has 0 fully saturated rings. The Morgan fingerprint density at radius 3 is 2.50 bits per heavy atom. The van der Waals surface area contributed by atoms with Gasteiger partial charge in [-0.1, -0.05) is 6.08 Å². The molecule has 0 saturated heterocycles. The lowest BCUT2D eigenvalue weighted by Gasteiger charge is -2.22. The fourth-order valence-corrected chi connectivity index (χ4v) is 2.40. The third kappa shape index (κ3) is 3.48. The van der Waals surface area contributed by atoms with Gasteiger partial charge in [0.1, 0.15) is 11.2 Å².